The molecule has 1 N–H and O–H groups in total. The van der Waals surface area contributed by atoms with E-state index in [-0.39, 0.29) is 0 Å². The van der Waals surface area contributed by atoms with Crippen molar-refractivity contribution in [2.75, 3.05) is 11.9 Å². The number of ether oxygens (including phenoxy) is 1. The summed E-state index contributed by atoms with van der Waals surface area (Å²) in [7, 11) is 0. The Labute approximate surface area is 113 Å². The van der Waals surface area contributed by atoms with Gasteiger partial charge in [0.25, 0.3) is 0 Å². The maximum absolute atomic E-state index is 5.48. The number of nitrogens with zero attached hydrogens (tertiary/aromatic N) is 3. The summed E-state index contributed by atoms with van der Waals surface area (Å²) >= 11 is 0. The van der Waals surface area contributed by atoms with Gasteiger partial charge in [0.1, 0.15) is 5.82 Å². The second-order valence-corrected chi connectivity index (χ2v) is 4.18. The Morgan fingerprint density at radius 2 is 2.16 bits per heavy atom. The molecule has 0 radical (unpaired) electrons. The molecule has 5 heteroatoms. The van der Waals surface area contributed by atoms with Crippen LogP contribution in [0.2, 0.25) is 0 Å². The van der Waals surface area contributed by atoms with Crippen LogP contribution in [0.1, 0.15) is 26.1 Å². The first-order chi connectivity index (χ1) is 9.35. The standard InChI is InChI=1S/C14H20N4O/c1-3-9-18-10-8-15-13(18)11-17-12-6-5-7-16-14(12)19-4-2/h5-8,10,17H,3-4,9,11H2,1-2H3. The molecule has 102 valence electrons. The smallest absolute Gasteiger partial charge is 0.237 e. The number of anilines is 1. The lowest BCUT2D eigenvalue weighted by molar-refractivity contribution is 0.328. The molecule has 2 aromatic heterocycles. The lowest BCUT2D eigenvalue weighted by atomic mass is 10.4. The van der Waals surface area contributed by atoms with Crippen LogP contribution < -0.4 is 10.1 Å². The second kappa shape index (κ2) is 6.78. The Kier molecular flexibility index (Phi) is 4.78. The SMILES string of the molecule is CCCn1ccnc1CNc1cccnc1OCC. The van der Waals surface area contributed by atoms with Gasteiger partial charge in [-0.25, -0.2) is 9.97 Å². The molecular weight excluding hydrogens is 240 g/mol. The number of rotatable bonds is 7. The Balaban J connectivity index is 2.03. The Hall–Kier alpha value is -2.04. The van der Waals surface area contributed by atoms with Gasteiger partial charge in [-0.1, -0.05) is 6.92 Å². The lowest BCUT2D eigenvalue weighted by Crippen LogP contribution is -2.09. The predicted molar refractivity (Wildman–Crippen MR) is 75.3 cm³/mol. The van der Waals surface area contributed by atoms with E-state index in [0.29, 0.717) is 19.0 Å². The van der Waals surface area contributed by atoms with Crippen molar-refractivity contribution < 1.29 is 4.74 Å². The number of aryl methyl sites for hydroxylation is 1. The highest BCUT2D eigenvalue weighted by atomic mass is 16.5. The molecule has 2 heterocycles. The van der Waals surface area contributed by atoms with E-state index in [0.717, 1.165) is 24.5 Å². The van der Waals surface area contributed by atoms with Crippen LogP contribution in [0, 0.1) is 0 Å². The molecule has 0 atom stereocenters. The molecule has 0 aliphatic carbocycles. The summed E-state index contributed by atoms with van der Waals surface area (Å²) < 4.78 is 7.64. The van der Waals surface area contributed by atoms with Gasteiger partial charge in [-0.3, -0.25) is 0 Å². The summed E-state index contributed by atoms with van der Waals surface area (Å²) in [6.07, 6.45) is 6.67. The molecule has 0 aliphatic rings. The van der Waals surface area contributed by atoms with Crippen molar-refractivity contribution in [3.05, 3.63) is 36.5 Å². The van der Waals surface area contributed by atoms with E-state index in [2.05, 4.69) is 26.8 Å². The molecule has 0 saturated heterocycles. The minimum Gasteiger partial charge on any atom is -0.476 e. The van der Waals surface area contributed by atoms with E-state index in [1.807, 2.05) is 31.5 Å². The van der Waals surface area contributed by atoms with E-state index in [1.165, 1.54) is 0 Å². The van der Waals surface area contributed by atoms with Crippen molar-refractivity contribution in [3.8, 4) is 5.88 Å². The molecule has 5 nitrogen and oxygen atoms in total. The third kappa shape index (κ3) is 3.47. The molecule has 0 saturated carbocycles. The van der Waals surface area contributed by atoms with Gasteiger partial charge in [0.15, 0.2) is 0 Å². The van der Waals surface area contributed by atoms with Crippen LogP contribution in [0.25, 0.3) is 0 Å². The predicted octanol–water partition coefficient (Wildman–Crippen LogP) is 2.70. The highest BCUT2D eigenvalue weighted by Gasteiger charge is 2.06. The zero-order valence-electron chi connectivity index (χ0n) is 11.5. The first-order valence-electron chi connectivity index (χ1n) is 6.66. The Bertz CT molecular complexity index is 510. The minimum absolute atomic E-state index is 0.607. The normalized spacial score (nSPS) is 10.4. The fourth-order valence-electron chi connectivity index (χ4n) is 1.90. The van der Waals surface area contributed by atoms with Crippen molar-refractivity contribution in [1.29, 1.82) is 0 Å². The highest BCUT2D eigenvalue weighted by Crippen LogP contribution is 2.20. The molecule has 0 fully saturated rings. The molecule has 2 rings (SSSR count). The molecular formula is C14H20N4O. The van der Waals surface area contributed by atoms with Gasteiger partial charge in [0.05, 0.1) is 18.8 Å². The van der Waals surface area contributed by atoms with Crippen LogP contribution in [-0.2, 0) is 13.1 Å². The number of nitrogens with one attached hydrogen (secondary N) is 1. The lowest BCUT2D eigenvalue weighted by Gasteiger charge is -2.11. The third-order valence-electron chi connectivity index (χ3n) is 2.76. The number of aromatic nitrogens is 3. The highest BCUT2D eigenvalue weighted by molar-refractivity contribution is 5.51. The van der Waals surface area contributed by atoms with Crippen LogP contribution in [0.5, 0.6) is 5.88 Å². The fraction of sp³-hybridized carbons (Fsp3) is 0.429. The van der Waals surface area contributed by atoms with Gasteiger partial charge in [0, 0.05) is 25.1 Å². The van der Waals surface area contributed by atoms with Crippen LogP contribution in [0.4, 0.5) is 5.69 Å². The summed E-state index contributed by atoms with van der Waals surface area (Å²) in [6, 6.07) is 3.86. The van der Waals surface area contributed by atoms with Gasteiger partial charge >= 0.3 is 0 Å². The number of hydrogen-bond donors (Lipinski definition) is 1. The largest absolute Gasteiger partial charge is 0.476 e. The number of pyridine rings is 1. The zero-order valence-corrected chi connectivity index (χ0v) is 11.5. The summed E-state index contributed by atoms with van der Waals surface area (Å²) in [4.78, 5) is 8.58. The first-order valence-corrected chi connectivity index (χ1v) is 6.66. The van der Waals surface area contributed by atoms with Crippen molar-refractivity contribution in [3.63, 3.8) is 0 Å². The van der Waals surface area contributed by atoms with Crippen molar-refractivity contribution in [1.82, 2.24) is 14.5 Å². The van der Waals surface area contributed by atoms with Gasteiger partial charge in [-0.15, -0.1) is 0 Å². The summed E-state index contributed by atoms with van der Waals surface area (Å²) in [6.45, 7) is 6.37. The van der Waals surface area contributed by atoms with Crippen molar-refractivity contribution in [2.45, 2.75) is 33.4 Å². The molecule has 0 aromatic carbocycles. The van der Waals surface area contributed by atoms with Gasteiger partial charge < -0.3 is 14.6 Å². The quantitative estimate of drug-likeness (QED) is 0.831. The van der Waals surface area contributed by atoms with E-state index in [9.17, 15) is 0 Å². The van der Waals surface area contributed by atoms with Gasteiger partial charge in [-0.2, -0.15) is 0 Å². The topological polar surface area (TPSA) is 52.0 Å². The first kappa shape index (κ1) is 13.4. The molecule has 0 bridgehead atoms. The molecule has 0 aliphatic heterocycles. The summed E-state index contributed by atoms with van der Waals surface area (Å²) in [5.74, 6) is 1.66. The second-order valence-electron chi connectivity index (χ2n) is 4.18. The van der Waals surface area contributed by atoms with Crippen LogP contribution in [0.15, 0.2) is 30.7 Å². The van der Waals surface area contributed by atoms with Gasteiger partial charge in [0.2, 0.25) is 5.88 Å². The molecule has 0 amide bonds. The van der Waals surface area contributed by atoms with Gasteiger partial charge in [-0.05, 0) is 25.5 Å². The third-order valence-corrected chi connectivity index (χ3v) is 2.76. The van der Waals surface area contributed by atoms with Crippen molar-refractivity contribution in [2.24, 2.45) is 0 Å². The molecule has 19 heavy (non-hydrogen) atoms. The van der Waals surface area contributed by atoms with E-state index >= 15 is 0 Å². The number of imidazole rings is 1. The average Bonchev–Trinajstić information content (AvgIpc) is 2.86. The molecule has 0 spiro atoms. The van der Waals surface area contributed by atoms with Crippen LogP contribution in [0.3, 0.4) is 0 Å². The Morgan fingerprint density at radius 3 is 2.95 bits per heavy atom. The maximum Gasteiger partial charge on any atom is 0.237 e. The maximum atomic E-state index is 5.48. The summed E-state index contributed by atoms with van der Waals surface area (Å²) in [5, 5.41) is 3.33. The molecule has 2 aromatic rings. The van der Waals surface area contributed by atoms with E-state index in [1.54, 1.807) is 6.20 Å². The van der Waals surface area contributed by atoms with Crippen LogP contribution >= 0.6 is 0 Å². The van der Waals surface area contributed by atoms with Crippen LogP contribution in [-0.4, -0.2) is 21.1 Å². The van der Waals surface area contributed by atoms with E-state index in [4.69, 9.17) is 4.74 Å². The van der Waals surface area contributed by atoms with E-state index < -0.39 is 0 Å². The average molecular weight is 260 g/mol. The summed E-state index contributed by atoms with van der Waals surface area (Å²) in [5.41, 5.74) is 0.899. The Morgan fingerprint density at radius 1 is 1.26 bits per heavy atom. The monoisotopic (exact) mass is 260 g/mol. The fourth-order valence-corrected chi connectivity index (χ4v) is 1.90. The minimum atomic E-state index is 0.607. The zero-order chi connectivity index (χ0) is 13.5. The molecule has 0 unspecified atom stereocenters. The number of hydrogen-bond acceptors (Lipinski definition) is 4. The van der Waals surface area contributed by atoms with Crippen molar-refractivity contribution >= 4 is 5.69 Å².